The molecule has 0 atom stereocenters. The molecule has 0 unspecified atom stereocenters. The standard InChI is InChI=1S/C27H30O3/c1-26(2,3)21-14-10-19(11-15-21)25(28)20-12-16-22(17-13-20)29-23-8-7-9-24(18-23)30-27(4,5)6/h7-18H,1-6H3. The van der Waals surface area contributed by atoms with Gasteiger partial charge in [-0.2, -0.15) is 0 Å². The first-order chi connectivity index (χ1) is 14.0. The SMILES string of the molecule is CC(C)(C)Oc1cccc(Oc2ccc(C(=O)c3ccc(C(C)(C)C)cc3)cc2)c1. The number of carbonyl (C=O) groups is 1. The van der Waals surface area contributed by atoms with Crippen molar-refractivity contribution >= 4 is 5.78 Å². The van der Waals surface area contributed by atoms with Crippen molar-refractivity contribution in [1.82, 2.24) is 0 Å². The van der Waals surface area contributed by atoms with Crippen LogP contribution in [-0.4, -0.2) is 11.4 Å². The number of carbonyl (C=O) groups excluding carboxylic acids is 1. The third-order valence-corrected chi connectivity index (χ3v) is 4.59. The van der Waals surface area contributed by atoms with Gasteiger partial charge in [0.2, 0.25) is 0 Å². The van der Waals surface area contributed by atoms with Gasteiger partial charge in [-0.3, -0.25) is 4.79 Å². The van der Waals surface area contributed by atoms with E-state index in [-0.39, 0.29) is 16.8 Å². The predicted octanol–water partition coefficient (Wildman–Crippen LogP) is 7.18. The number of rotatable bonds is 5. The molecule has 0 bridgehead atoms. The van der Waals surface area contributed by atoms with E-state index < -0.39 is 0 Å². The molecule has 0 amide bonds. The first kappa shape index (κ1) is 21.6. The summed E-state index contributed by atoms with van der Waals surface area (Å²) >= 11 is 0. The van der Waals surface area contributed by atoms with Gasteiger partial charge in [-0.15, -0.1) is 0 Å². The van der Waals surface area contributed by atoms with E-state index in [1.807, 2.05) is 81.4 Å². The fourth-order valence-corrected chi connectivity index (χ4v) is 3.05. The number of hydrogen-bond acceptors (Lipinski definition) is 3. The van der Waals surface area contributed by atoms with Crippen LogP contribution in [0.3, 0.4) is 0 Å². The van der Waals surface area contributed by atoms with Crippen LogP contribution >= 0.6 is 0 Å². The Labute approximate surface area is 179 Å². The van der Waals surface area contributed by atoms with Gasteiger partial charge in [0.1, 0.15) is 22.8 Å². The second-order valence-corrected chi connectivity index (χ2v) is 9.47. The number of hydrogen-bond donors (Lipinski definition) is 0. The molecule has 3 nitrogen and oxygen atoms in total. The van der Waals surface area contributed by atoms with E-state index in [1.165, 1.54) is 5.56 Å². The molecule has 0 N–H and O–H groups in total. The first-order valence-corrected chi connectivity index (χ1v) is 10.2. The minimum Gasteiger partial charge on any atom is -0.488 e. The van der Waals surface area contributed by atoms with Gasteiger partial charge in [-0.1, -0.05) is 51.1 Å². The summed E-state index contributed by atoms with van der Waals surface area (Å²) in [7, 11) is 0. The lowest BCUT2D eigenvalue weighted by Gasteiger charge is -2.21. The van der Waals surface area contributed by atoms with Crippen LogP contribution < -0.4 is 9.47 Å². The van der Waals surface area contributed by atoms with Crippen LogP contribution in [0.5, 0.6) is 17.2 Å². The topological polar surface area (TPSA) is 35.5 Å². The zero-order valence-electron chi connectivity index (χ0n) is 18.7. The van der Waals surface area contributed by atoms with E-state index in [2.05, 4.69) is 20.8 Å². The van der Waals surface area contributed by atoms with Crippen molar-refractivity contribution in [2.24, 2.45) is 0 Å². The second-order valence-electron chi connectivity index (χ2n) is 9.47. The zero-order chi connectivity index (χ0) is 21.9. The van der Waals surface area contributed by atoms with Gasteiger partial charge in [0, 0.05) is 17.2 Å². The molecular formula is C27H30O3. The summed E-state index contributed by atoms with van der Waals surface area (Å²) in [6, 6.07) is 22.6. The third kappa shape index (κ3) is 5.73. The van der Waals surface area contributed by atoms with Gasteiger partial charge in [-0.25, -0.2) is 0 Å². The van der Waals surface area contributed by atoms with E-state index in [0.717, 1.165) is 5.75 Å². The predicted molar refractivity (Wildman–Crippen MR) is 122 cm³/mol. The minimum atomic E-state index is -0.272. The Hall–Kier alpha value is -3.07. The summed E-state index contributed by atoms with van der Waals surface area (Å²) in [5.41, 5.74) is 2.32. The maximum atomic E-state index is 12.8. The van der Waals surface area contributed by atoms with Crippen LogP contribution in [0.1, 0.15) is 63.0 Å². The largest absolute Gasteiger partial charge is 0.488 e. The van der Waals surface area contributed by atoms with Gasteiger partial charge < -0.3 is 9.47 Å². The van der Waals surface area contributed by atoms with E-state index in [4.69, 9.17) is 9.47 Å². The molecule has 0 spiro atoms. The molecule has 0 heterocycles. The fourth-order valence-electron chi connectivity index (χ4n) is 3.05. The molecule has 156 valence electrons. The van der Waals surface area contributed by atoms with Crippen LogP contribution in [0, 0.1) is 0 Å². The lowest BCUT2D eigenvalue weighted by atomic mass is 9.86. The lowest BCUT2D eigenvalue weighted by molar-refractivity contribution is 0.103. The summed E-state index contributed by atoms with van der Waals surface area (Å²) < 4.78 is 11.8. The maximum Gasteiger partial charge on any atom is 0.193 e. The van der Waals surface area contributed by atoms with Gasteiger partial charge in [-0.05, 0) is 68.1 Å². The van der Waals surface area contributed by atoms with Gasteiger partial charge in [0.15, 0.2) is 5.78 Å². The number of ketones is 1. The summed E-state index contributed by atoms with van der Waals surface area (Å²) in [4.78, 5) is 12.8. The molecule has 3 rings (SSSR count). The summed E-state index contributed by atoms with van der Waals surface area (Å²) in [5.74, 6) is 2.12. The van der Waals surface area contributed by atoms with Crippen LogP contribution in [0.15, 0.2) is 72.8 Å². The minimum absolute atomic E-state index is 0.00239. The van der Waals surface area contributed by atoms with Gasteiger partial charge >= 0.3 is 0 Å². The van der Waals surface area contributed by atoms with Crippen molar-refractivity contribution in [2.75, 3.05) is 0 Å². The Balaban J connectivity index is 1.71. The lowest BCUT2D eigenvalue weighted by Crippen LogP contribution is -2.22. The summed E-state index contributed by atoms with van der Waals surface area (Å²) in [6.45, 7) is 12.5. The molecule has 0 saturated carbocycles. The highest BCUT2D eigenvalue weighted by atomic mass is 16.5. The molecule has 0 radical (unpaired) electrons. The zero-order valence-corrected chi connectivity index (χ0v) is 18.7. The Bertz CT molecular complexity index is 1000. The highest BCUT2D eigenvalue weighted by Crippen LogP contribution is 2.28. The van der Waals surface area contributed by atoms with Crippen LogP contribution in [0.2, 0.25) is 0 Å². The Morgan fingerprint density at radius 2 is 1.20 bits per heavy atom. The van der Waals surface area contributed by atoms with E-state index >= 15 is 0 Å². The average Bonchev–Trinajstić information content (AvgIpc) is 2.66. The highest BCUT2D eigenvalue weighted by Gasteiger charge is 2.15. The van der Waals surface area contributed by atoms with E-state index in [9.17, 15) is 4.79 Å². The van der Waals surface area contributed by atoms with Crippen molar-refractivity contribution in [3.05, 3.63) is 89.5 Å². The molecule has 3 aromatic rings. The molecule has 30 heavy (non-hydrogen) atoms. The van der Waals surface area contributed by atoms with Crippen molar-refractivity contribution in [1.29, 1.82) is 0 Å². The normalized spacial score (nSPS) is 11.8. The Morgan fingerprint density at radius 3 is 1.73 bits per heavy atom. The molecule has 3 heteroatoms. The van der Waals surface area contributed by atoms with Gasteiger partial charge in [0.05, 0.1) is 0 Å². The van der Waals surface area contributed by atoms with Crippen molar-refractivity contribution in [3.8, 4) is 17.2 Å². The smallest absolute Gasteiger partial charge is 0.193 e. The van der Waals surface area contributed by atoms with Crippen LogP contribution in [0.25, 0.3) is 0 Å². The van der Waals surface area contributed by atoms with Crippen LogP contribution in [-0.2, 0) is 5.41 Å². The highest BCUT2D eigenvalue weighted by molar-refractivity contribution is 6.09. The number of ether oxygens (including phenoxy) is 2. The van der Waals surface area contributed by atoms with Crippen molar-refractivity contribution < 1.29 is 14.3 Å². The fraction of sp³-hybridized carbons (Fsp3) is 0.296. The molecule has 0 aliphatic rings. The molecule has 3 aromatic carbocycles. The van der Waals surface area contributed by atoms with Crippen molar-refractivity contribution in [3.63, 3.8) is 0 Å². The summed E-state index contributed by atoms with van der Waals surface area (Å²) in [6.07, 6.45) is 0. The second kappa shape index (κ2) is 8.35. The summed E-state index contributed by atoms with van der Waals surface area (Å²) in [5, 5.41) is 0. The number of benzene rings is 3. The first-order valence-electron chi connectivity index (χ1n) is 10.2. The molecule has 0 saturated heterocycles. The Kier molecular flexibility index (Phi) is 6.02. The molecule has 0 fully saturated rings. The van der Waals surface area contributed by atoms with Gasteiger partial charge in [0.25, 0.3) is 0 Å². The molecular weight excluding hydrogens is 372 g/mol. The third-order valence-electron chi connectivity index (χ3n) is 4.59. The van der Waals surface area contributed by atoms with E-state index in [0.29, 0.717) is 22.6 Å². The maximum absolute atomic E-state index is 12.8. The van der Waals surface area contributed by atoms with E-state index in [1.54, 1.807) is 12.1 Å². The molecule has 0 aliphatic heterocycles. The van der Waals surface area contributed by atoms with Crippen LogP contribution in [0.4, 0.5) is 0 Å². The molecule has 0 aromatic heterocycles. The average molecular weight is 403 g/mol. The Morgan fingerprint density at radius 1 is 0.667 bits per heavy atom. The van der Waals surface area contributed by atoms with Crippen molar-refractivity contribution in [2.45, 2.75) is 52.6 Å². The quantitative estimate of drug-likeness (QED) is 0.424. The monoisotopic (exact) mass is 402 g/mol. The molecule has 0 aliphatic carbocycles.